The van der Waals surface area contributed by atoms with Crippen molar-refractivity contribution >= 4 is 29.0 Å². The number of hydrogen-bond acceptors (Lipinski definition) is 3. The van der Waals surface area contributed by atoms with Crippen molar-refractivity contribution < 1.29 is 14.4 Å². The second-order valence-corrected chi connectivity index (χ2v) is 11.6. The fourth-order valence-electron chi connectivity index (χ4n) is 5.63. The molecule has 0 aliphatic carbocycles. The number of benzene rings is 4. The number of Topliss-reactive ketones (excluding diaryl/α,β-unsaturated/α-hetero) is 1. The van der Waals surface area contributed by atoms with Crippen LogP contribution in [-0.2, 0) is 6.42 Å². The van der Waals surface area contributed by atoms with Crippen LogP contribution >= 0.6 is 0 Å². The van der Waals surface area contributed by atoms with Crippen molar-refractivity contribution in [1.29, 1.82) is 0 Å². The summed E-state index contributed by atoms with van der Waals surface area (Å²) in [5, 5.41) is 6.09. The van der Waals surface area contributed by atoms with Crippen molar-refractivity contribution in [1.82, 2.24) is 0 Å². The molecule has 42 heavy (non-hydrogen) atoms. The summed E-state index contributed by atoms with van der Waals surface area (Å²) >= 11 is 0. The van der Waals surface area contributed by atoms with E-state index in [-0.39, 0.29) is 41.8 Å². The first-order valence-corrected chi connectivity index (χ1v) is 14.6. The van der Waals surface area contributed by atoms with E-state index in [1.165, 1.54) is 0 Å². The Balaban J connectivity index is 2.06. The van der Waals surface area contributed by atoms with Gasteiger partial charge in [0.15, 0.2) is 5.78 Å². The van der Waals surface area contributed by atoms with Gasteiger partial charge in [-0.05, 0) is 64.3 Å². The van der Waals surface area contributed by atoms with Crippen LogP contribution in [0.4, 0.5) is 11.4 Å². The molecular weight excluding hydrogens is 520 g/mol. The van der Waals surface area contributed by atoms with Crippen LogP contribution in [0.3, 0.4) is 0 Å². The van der Waals surface area contributed by atoms with E-state index >= 15 is 0 Å². The monoisotopic (exact) mass is 560 g/mol. The average Bonchev–Trinajstić information content (AvgIpc) is 2.96. The number of anilines is 2. The first kappa shape index (κ1) is 30.4. The molecule has 216 valence electrons. The maximum absolute atomic E-state index is 14.3. The van der Waals surface area contributed by atoms with Gasteiger partial charge in [-0.1, -0.05) is 108 Å². The lowest BCUT2D eigenvalue weighted by molar-refractivity contribution is 0.0990. The minimum absolute atomic E-state index is 0.105. The standard InChI is InChI=1S/C37H40N2O3/c1-23(2)30-33(29(40)22-26-16-10-7-11-17-26)31(24(3)4)35(37(42)39-28-20-14-9-15-21-28)32(25(5)6)34(30)36(41)38-27-18-12-8-13-19-27/h7-21,23-25H,22H2,1-6H3,(H,38,41)(H,39,42). The molecule has 0 bridgehead atoms. The zero-order valence-corrected chi connectivity index (χ0v) is 25.3. The Hall–Kier alpha value is -4.51. The minimum atomic E-state index is -0.327. The van der Waals surface area contributed by atoms with Crippen LogP contribution in [0.1, 0.15) is 113 Å². The smallest absolute Gasteiger partial charge is 0.256 e. The fourth-order valence-corrected chi connectivity index (χ4v) is 5.63. The Kier molecular flexibility index (Phi) is 9.74. The van der Waals surface area contributed by atoms with Gasteiger partial charge in [-0.2, -0.15) is 0 Å². The zero-order chi connectivity index (χ0) is 30.4. The molecule has 5 heteroatoms. The molecule has 0 saturated carbocycles. The third-order valence-electron chi connectivity index (χ3n) is 7.35. The highest BCUT2D eigenvalue weighted by Crippen LogP contribution is 2.41. The molecule has 0 aliphatic rings. The molecule has 2 N–H and O–H groups in total. The molecule has 0 heterocycles. The lowest BCUT2D eigenvalue weighted by atomic mass is 9.74. The summed E-state index contributed by atoms with van der Waals surface area (Å²) in [7, 11) is 0. The van der Waals surface area contributed by atoms with Gasteiger partial charge in [0, 0.05) is 34.5 Å². The number of rotatable bonds is 10. The normalized spacial score (nSPS) is 11.2. The van der Waals surface area contributed by atoms with Crippen LogP contribution in [0.5, 0.6) is 0 Å². The first-order valence-electron chi connectivity index (χ1n) is 14.6. The molecule has 4 aromatic carbocycles. The number of carbonyl (C=O) groups is 3. The van der Waals surface area contributed by atoms with E-state index in [9.17, 15) is 14.4 Å². The van der Waals surface area contributed by atoms with Crippen LogP contribution in [0.15, 0.2) is 91.0 Å². The lowest BCUT2D eigenvalue weighted by Crippen LogP contribution is -2.28. The van der Waals surface area contributed by atoms with Gasteiger partial charge >= 0.3 is 0 Å². The molecular formula is C37H40N2O3. The average molecular weight is 561 g/mol. The number of ketones is 1. The van der Waals surface area contributed by atoms with Gasteiger partial charge in [-0.3, -0.25) is 14.4 Å². The van der Waals surface area contributed by atoms with Gasteiger partial charge in [-0.25, -0.2) is 0 Å². The van der Waals surface area contributed by atoms with Crippen LogP contribution < -0.4 is 10.6 Å². The van der Waals surface area contributed by atoms with E-state index < -0.39 is 0 Å². The van der Waals surface area contributed by atoms with E-state index in [1.807, 2.05) is 133 Å². The minimum Gasteiger partial charge on any atom is -0.322 e. The number of hydrogen-bond donors (Lipinski definition) is 2. The predicted molar refractivity (Wildman–Crippen MR) is 172 cm³/mol. The maximum Gasteiger partial charge on any atom is 0.256 e. The number of nitrogens with one attached hydrogen (secondary N) is 2. The summed E-state index contributed by atoms with van der Waals surface area (Å²) < 4.78 is 0. The molecule has 0 atom stereocenters. The predicted octanol–water partition coefficient (Wildman–Crippen LogP) is 8.99. The molecule has 4 aromatic rings. The summed E-state index contributed by atoms with van der Waals surface area (Å²) in [5.41, 5.74) is 5.49. The van der Waals surface area contributed by atoms with Crippen molar-refractivity contribution in [2.24, 2.45) is 0 Å². The molecule has 5 nitrogen and oxygen atoms in total. The van der Waals surface area contributed by atoms with Gasteiger partial charge in [0.1, 0.15) is 0 Å². The first-order chi connectivity index (χ1) is 20.1. The highest BCUT2D eigenvalue weighted by Gasteiger charge is 2.35. The molecule has 0 fully saturated rings. The van der Waals surface area contributed by atoms with Gasteiger partial charge in [0.2, 0.25) is 0 Å². The quantitative estimate of drug-likeness (QED) is 0.190. The molecule has 0 aliphatic heterocycles. The molecule has 0 saturated heterocycles. The largest absolute Gasteiger partial charge is 0.322 e. The third kappa shape index (κ3) is 6.68. The summed E-state index contributed by atoms with van der Waals surface area (Å²) in [5.74, 6) is -1.24. The second-order valence-electron chi connectivity index (χ2n) is 11.6. The maximum atomic E-state index is 14.3. The third-order valence-corrected chi connectivity index (χ3v) is 7.35. The van der Waals surface area contributed by atoms with Crippen molar-refractivity contribution in [3.05, 3.63) is 130 Å². The second kappa shape index (κ2) is 13.4. The Labute approximate surface area is 249 Å². The molecule has 0 radical (unpaired) electrons. The Morgan fingerprint density at radius 2 is 0.833 bits per heavy atom. The molecule has 2 amide bonds. The summed E-state index contributed by atoms with van der Waals surface area (Å²) in [6, 6.07) is 28.1. The zero-order valence-electron chi connectivity index (χ0n) is 25.3. The van der Waals surface area contributed by atoms with Gasteiger partial charge in [0.05, 0.1) is 0 Å². The van der Waals surface area contributed by atoms with E-state index in [2.05, 4.69) is 10.6 Å². The van der Waals surface area contributed by atoms with E-state index in [1.54, 1.807) is 0 Å². The van der Waals surface area contributed by atoms with Gasteiger partial charge in [0.25, 0.3) is 11.8 Å². The highest BCUT2D eigenvalue weighted by molar-refractivity contribution is 6.16. The molecule has 0 aromatic heterocycles. The SMILES string of the molecule is CC(C)c1c(C(=O)Cc2ccccc2)c(C(C)C)c(C(=O)Nc2ccccc2)c(C(C)C)c1C(=O)Nc1ccccc1. The number of para-hydroxylation sites is 2. The van der Waals surface area contributed by atoms with Crippen LogP contribution in [0, 0.1) is 0 Å². The van der Waals surface area contributed by atoms with Crippen LogP contribution in [0.2, 0.25) is 0 Å². The highest BCUT2D eigenvalue weighted by atomic mass is 16.2. The van der Waals surface area contributed by atoms with Gasteiger partial charge < -0.3 is 10.6 Å². The summed E-state index contributed by atoms with van der Waals surface area (Å²) in [6.45, 7) is 12.0. The number of carbonyl (C=O) groups excluding carboxylic acids is 3. The van der Waals surface area contributed by atoms with Crippen molar-refractivity contribution in [3.8, 4) is 0 Å². The Bertz CT molecular complexity index is 1350. The molecule has 4 rings (SSSR count). The van der Waals surface area contributed by atoms with Crippen LogP contribution in [0.25, 0.3) is 0 Å². The summed E-state index contributed by atoms with van der Waals surface area (Å²) in [4.78, 5) is 42.9. The van der Waals surface area contributed by atoms with Gasteiger partial charge in [-0.15, -0.1) is 0 Å². The lowest BCUT2D eigenvalue weighted by Gasteiger charge is -2.30. The van der Waals surface area contributed by atoms with E-state index in [0.717, 1.165) is 5.56 Å². The van der Waals surface area contributed by atoms with E-state index in [0.29, 0.717) is 44.8 Å². The Morgan fingerprint density at radius 3 is 1.19 bits per heavy atom. The van der Waals surface area contributed by atoms with Crippen molar-refractivity contribution in [2.45, 2.75) is 65.7 Å². The topological polar surface area (TPSA) is 75.3 Å². The van der Waals surface area contributed by atoms with Crippen LogP contribution in [-0.4, -0.2) is 17.6 Å². The number of amides is 2. The summed E-state index contributed by atoms with van der Waals surface area (Å²) in [6.07, 6.45) is 0.167. The van der Waals surface area contributed by atoms with Crippen molar-refractivity contribution in [3.63, 3.8) is 0 Å². The van der Waals surface area contributed by atoms with Crippen molar-refractivity contribution in [2.75, 3.05) is 10.6 Å². The Morgan fingerprint density at radius 1 is 0.500 bits per heavy atom. The molecule has 0 unspecified atom stereocenters. The molecule has 0 spiro atoms. The fraction of sp³-hybridized carbons (Fsp3) is 0.270. The van der Waals surface area contributed by atoms with E-state index in [4.69, 9.17) is 0 Å².